The van der Waals surface area contributed by atoms with Crippen molar-refractivity contribution in [2.75, 3.05) is 23.0 Å². The van der Waals surface area contributed by atoms with E-state index >= 15 is 0 Å². The predicted octanol–water partition coefficient (Wildman–Crippen LogP) is 4.34. The average molecular weight is 519 g/mol. The number of aromatic nitrogens is 4. The van der Waals surface area contributed by atoms with Crippen LogP contribution in [0, 0.1) is 0 Å². The molecule has 1 atom stereocenters. The molecule has 0 saturated heterocycles. The van der Waals surface area contributed by atoms with Crippen LogP contribution in [0.15, 0.2) is 70.1 Å². The van der Waals surface area contributed by atoms with Gasteiger partial charge in [-0.25, -0.2) is 13.4 Å². The molecule has 3 heterocycles. The molecule has 0 spiro atoms. The minimum absolute atomic E-state index is 0.00594. The molecule has 2 aromatic heterocycles. The number of fused-ring (bicyclic) bond motifs is 1. The molecule has 3 N–H and O–H groups in total. The lowest BCUT2D eigenvalue weighted by atomic mass is 10.1. The molecule has 4 aromatic rings. The monoisotopic (exact) mass is 518 g/mol. The van der Waals surface area contributed by atoms with E-state index < -0.39 is 15.9 Å². The zero-order chi connectivity index (χ0) is 26.0. The number of nitrogens with zero attached hydrogens (tertiary/aromatic N) is 4. The molecule has 0 aliphatic carbocycles. The average Bonchev–Trinajstić information content (AvgIpc) is 3.38. The van der Waals surface area contributed by atoms with Crippen molar-refractivity contribution in [3.05, 3.63) is 77.8 Å². The number of nitrogens with one attached hydrogen (secondary N) is 2. The number of rotatable bonds is 8. The SMILES string of the molecule is CC(C)c1nnc(-c2cnc(Nc3ccc4c(c3)C=CCS4(=O)=O)nc2N[C@H](CO)c2ccccc2)o1. The zero-order valence-corrected chi connectivity index (χ0v) is 21.1. The smallest absolute Gasteiger partial charge is 0.253 e. The van der Waals surface area contributed by atoms with E-state index in [1.165, 1.54) is 0 Å². The Bertz CT molecular complexity index is 1550. The number of hydrogen-bond donors (Lipinski definition) is 3. The summed E-state index contributed by atoms with van der Waals surface area (Å²) in [4.78, 5) is 9.36. The summed E-state index contributed by atoms with van der Waals surface area (Å²) in [5.74, 6) is 1.44. The van der Waals surface area contributed by atoms with E-state index in [1.807, 2.05) is 44.2 Å². The van der Waals surface area contributed by atoms with Crippen LogP contribution >= 0.6 is 0 Å². The molecule has 10 nitrogen and oxygen atoms in total. The molecule has 11 heteroatoms. The van der Waals surface area contributed by atoms with Gasteiger partial charge in [0.25, 0.3) is 5.89 Å². The molecular formula is C26H26N6O4S. The first-order valence-corrected chi connectivity index (χ1v) is 13.4. The van der Waals surface area contributed by atoms with Gasteiger partial charge in [0.2, 0.25) is 11.8 Å². The Labute approximate surface area is 214 Å². The highest BCUT2D eigenvalue weighted by atomic mass is 32.2. The summed E-state index contributed by atoms with van der Waals surface area (Å²) in [6.45, 7) is 3.73. The summed E-state index contributed by atoms with van der Waals surface area (Å²) >= 11 is 0. The minimum atomic E-state index is -3.32. The Kier molecular flexibility index (Phi) is 6.72. The second-order valence-electron chi connectivity index (χ2n) is 8.91. The lowest BCUT2D eigenvalue weighted by molar-refractivity contribution is 0.276. The Morgan fingerprint density at radius 3 is 2.65 bits per heavy atom. The summed E-state index contributed by atoms with van der Waals surface area (Å²) in [5, 5.41) is 24.8. The molecule has 0 radical (unpaired) electrons. The van der Waals surface area contributed by atoms with E-state index in [2.05, 4.69) is 30.8 Å². The second kappa shape index (κ2) is 10.1. The molecule has 0 fully saturated rings. The first-order valence-electron chi connectivity index (χ1n) is 11.8. The molecule has 0 saturated carbocycles. The summed E-state index contributed by atoms with van der Waals surface area (Å²) in [5.41, 5.74) is 2.59. The molecule has 37 heavy (non-hydrogen) atoms. The highest BCUT2D eigenvalue weighted by Gasteiger charge is 2.22. The quantitative estimate of drug-likeness (QED) is 0.308. The second-order valence-corrected chi connectivity index (χ2v) is 10.9. The van der Waals surface area contributed by atoms with Gasteiger partial charge in [0.05, 0.1) is 28.9 Å². The zero-order valence-electron chi connectivity index (χ0n) is 20.3. The van der Waals surface area contributed by atoms with E-state index in [-0.39, 0.29) is 30.1 Å². The fourth-order valence-corrected chi connectivity index (χ4v) is 5.22. The Balaban J connectivity index is 1.50. The Morgan fingerprint density at radius 1 is 1.11 bits per heavy atom. The maximum absolute atomic E-state index is 12.3. The lowest BCUT2D eigenvalue weighted by Crippen LogP contribution is -2.17. The predicted molar refractivity (Wildman–Crippen MR) is 140 cm³/mol. The summed E-state index contributed by atoms with van der Waals surface area (Å²) < 4.78 is 30.5. The fourth-order valence-electron chi connectivity index (χ4n) is 3.93. The van der Waals surface area contributed by atoms with Crippen LogP contribution in [-0.4, -0.2) is 46.0 Å². The van der Waals surface area contributed by atoms with Crippen molar-refractivity contribution in [2.24, 2.45) is 0 Å². The first kappa shape index (κ1) is 24.6. The molecular weight excluding hydrogens is 492 g/mol. The molecule has 0 bridgehead atoms. The molecule has 1 aliphatic rings. The van der Waals surface area contributed by atoms with Crippen LogP contribution in [0.3, 0.4) is 0 Å². The van der Waals surface area contributed by atoms with Crippen molar-refractivity contribution in [3.8, 4) is 11.5 Å². The van der Waals surface area contributed by atoms with Crippen molar-refractivity contribution < 1.29 is 17.9 Å². The number of anilines is 3. The van der Waals surface area contributed by atoms with E-state index in [4.69, 9.17) is 4.42 Å². The van der Waals surface area contributed by atoms with Gasteiger partial charge in [0.1, 0.15) is 5.82 Å². The van der Waals surface area contributed by atoms with Gasteiger partial charge in [-0.15, -0.1) is 10.2 Å². The van der Waals surface area contributed by atoms with Gasteiger partial charge in [-0.1, -0.05) is 56.3 Å². The molecule has 2 aromatic carbocycles. The van der Waals surface area contributed by atoms with Gasteiger partial charge >= 0.3 is 0 Å². The van der Waals surface area contributed by atoms with E-state index in [0.717, 1.165) is 5.56 Å². The van der Waals surface area contributed by atoms with Gasteiger partial charge in [-0.3, -0.25) is 0 Å². The van der Waals surface area contributed by atoms with Crippen LogP contribution in [0.5, 0.6) is 0 Å². The van der Waals surface area contributed by atoms with Crippen molar-refractivity contribution in [3.63, 3.8) is 0 Å². The van der Waals surface area contributed by atoms with Crippen LogP contribution in [-0.2, 0) is 9.84 Å². The Morgan fingerprint density at radius 2 is 1.92 bits per heavy atom. The minimum Gasteiger partial charge on any atom is -0.420 e. The maximum atomic E-state index is 12.3. The number of aliphatic hydroxyl groups excluding tert-OH is 1. The van der Waals surface area contributed by atoms with E-state index in [9.17, 15) is 13.5 Å². The third-order valence-corrected chi connectivity index (χ3v) is 7.54. The molecule has 5 rings (SSSR count). The van der Waals surface area contributed by atoms with Gasteiger partial charge in [-0.05, 0) is 29.3 Å². The lowest BCUT2D eigenvalue weighted by Gasteiger charge is -2.19. The fraction of sp³-hybridized carbons (Fsp3) is 0.231. The Hall–Kier alpha value is -4.09. The largest absolute Gasteiger partial charge is 0.420 e. The molecule has 0 unspecified atom stereocenters. The standard InChI is InChI=1S/C26H26N6O4S/c1-16(2)24-31-32-25(36-24)20-14-27-26(30-23(20)29-21(15-33)17-7-4-3-5-8-17)28-19-10-11-22-18(13-19)9-6-12-37(22,34)35/h3-11,13-14,16,21,33H,12,15H2,1-2H3,(H2,27,28,29,30)/t21-/m1/s1. The van der Waals surface area contributed by atoms with Crippen LogP contribution < -0.4 is 10.6 Å². The summed E-state index contributed by atoms with van der Waals surface area (Å²) in [6, 6.07) is 14.0. The molecule has 190 valence electrons. The normalized spacial score (nSPS) is 14.8. The van der Waals surface area contributed by atoms with Crippen molar-refractivity contribution in [2.45, 2.75) is 30.7 Å². The van der Waals surface area contributed by atoms with Gasteiger partial charge in [-0.2, -0.15) is 4.98 Å². The van der Waals surface area contributed by atoms with Gasteiger partial charge in [0, 0.05) is 17.8 Å². The number of benzene rings is 2. The van der Waals surface area contributed by atoms with Crippen molar-refractivity contribution in [1.82, 2.24) is 20.2 Å². The highest BCUT2D eigenvalue weighted by Crippen LogP contribution is 2.32. The summed E-state index contributed by atoms with van der Waals surface area (Å²) in [7, 11) is -3.32. The first-order chi connectivity index (χ1) is 17.8. The van der Waals surface area contributed by atoms with E-state index in [0.29, 0.717) is 33.4 Å². The molecule has 0 amide bonds. The van der Waals surface area contributed by atoms with Gasteiger partial charge in [0.15, 0.2) is 9.84 Å². The third kappa shape index (κ3) is 5.23. The van der Waals surface area contributed by atoms with Crippen LogP contribution in [0.25, 0.3) is 17.5 Å². The number of sulfone groups is 1. The number of aliphatic hydroxyl groups is 1. The van der Waals surface area contributed by atoms with Crippen LogP contribution in [0.2, 0.25) is 0 Å². The van der Waals surface area contributed by atoms with Gasteiger partial charge < -0.3 is 20.2 Å². The third-order valence-electron chi connectivity index (χ3n) is 5.86. The summed E-state index contributed by atoms with van der Waals surface area (Å²) in [6.07, 6.45) is 4.98. The highest BCUT2D eigenvalue weighted by molar-refractivity contribution is 7.91. The van der Waals surface area contributed by atoms with Crippen molar-refractivity contribution in [1.29, 1.82) is 0 Å². The van der Waals surface area contributed by atoms with E-state index in [1.54, 1.807) is 36.5 Å². The van der Waals surface area contributed by atoms with Crippen LogP contribution in [0.1, 0.15) is 42.8 Å². The maximum Gasteiger partial charge on any atom is 0.253 e. The topological polar surface area (TPSA) is 143 Å². The van der Waals surface area contributed by atoms with Crippen molar-refractivity contribution >= 4 is 33.4 Å². The molecule has 1 aliphatic heterocycles. The number of hydrogen-bond acceptors (Lipinski definition) is 10. The van der Waals surface area contributed by atoms with Crippen LogP contribution in [0.4, 0.5) is 17.5 Å².